The van der Waals surface area contributed by atoms with Crippen molar-refractivity contribution in [1.29, 1.82) is 0 Å². The van der Waals surface area contributed by atoms with Crippen LogP contribution in [0.3, 0.4) is 0 Å². The summed E-state index contributed by atoms with van der Waals surface area (Å²) in [6.07, 6.45) is 1.42. The highest BCUT2D eigenvalue weighted by molar-refractivity contribution is 6.21. The molecule has 1 heterocycles. The van der Waals surface area contributed by atoms with Crippen LogP contribution in [0.15, 0.2) is 48.5 Å². The van der Waals surface area contributed by atoms with Gasteiger partial charge in [-0.15, -0.1) is 0 Å². The first-order chi connectivity index (χ1) is 13.6. The van der Waals surface area contributed by atoms with E-state index in [9.17, 15) is 14.7 Å². The summed E-state index contributed by atoms with van der Waals surface area (Å²) in [5.41, 5.74) is 1.97. The predicted molar refractivity (Wildman–Crippen MR) is 104 cm³/mol. The van der Waals surface area contributed by atoms with Gasteiger partial charge in [-0.25, -0.2) is 0 Å². The minimum atomic E-state index is -0.791. The molecule has 28 heavy (non-hydrogen) atoms. The van der Waals surface area contributed by atoms with Crippen molar-refractivity contribution in [1.82, 2.24) is 9.80 Å². The molecule has 1 N–H and O–H groups in total. The molecule has 0 saturated heterocycles. The van der Waals surface area contributed by atoms with Crippen molar-refractivity contribution in [2.24, 2.45) is 0 Å². The number of aliphatic hydroxyl groups excluding tert-OH is 1. The van der Waals surface area contributed by atoms with Crippen LogP contribution >= 0.6 is 0 Å². The third-order valence-electron chi connectivity index (χ3n) is 5.32. The molecule has 146 valence electrons. The first-order valence-corrected chi connectivity index (χ1v) is 9.57. The summed E-state index contributed by atoms with van der Waals surface area (Å²) >= 11 is 0. The molecule has 0 radical (unpaired) electrons. The number of hydrogen-bond donors (Lipinski definition) is 1. The van der Waals surface area contributed by atoms with Gasteiger partial charge in [0.2, 0.25) is 0 Å². The monoisotopic (exact) mass is 380 g/mol. The molecule has 0 aromatic heterocycles. The fourth-order valence-electron chi connectivity index (χ4n) is 3.69. The van der Waals surface area contributed by atoms with Gasteiger partial charge in [-0.05, 0) is 42.7 Å². The van der Waals surface area contributed by atoms with Crippen LogP contribution in [-0.2, 0) is 6.54 Å². The third-order valence-corrected chi connectivity index (χ3v) is 5.32. The SMILES string of the molecule is COc1ccc(CN(C[C@@H](O)CN2C(=O)c3ccccc3C2=O)C2CC2)cc1. The van der Waals surface area contributed by atoms with Crippen molar-refractivity contribution in [3.8, 4) is 5.75 Å². The maximum absolute atomic E-state index is 12.5. The van der Waals surface area contributed by atoms with Crippen molar-refractivity contribution in [3.63, 3.8) is 0 Å². The molecule has 0 spiro atoms. The molecule has 6 nitrogen and oxygen atoms in total. The average molecular weight is 380 g/mol. The number of aliphatic hydroxyl groups is 1. The molecule has 0 bridgehead atoms. The number of carbonyl (C=O) groups is 2. The lowest BCUT2D eigenvalue weighted by Gasteiger charge is -2.27. The Kier molecular flexibility index (Phi) is 5.15. The number of rotatable bonds is 8. The normalized spacial score (nSPS) is 17.2. The highest BCUT2D eigenvalue weighted by Crippen LogP contribution is 2.29. The lowest BCUT2D eigenvalue weighted by molar-refractivity contribution is 0.0458. The second-order valence-electron chi connectivity index (χ2n) is 7.43. The summed E-state index contributed by atoms with van der Waals surface area (Å²) in [7, 11) is 1.64. The molecular weight excluding hydrogens is 356 g/mol. The van der Waals surface area contributed by atoms with Gasteiger partial charge in [0.15, 0.2) is 0 Å². The molecular formula is C22H24N2O4. The van der Waals surface area contributed by atoms with Gasteiger partial charge in [-0.3, -0.25) is 19.4 Å². The topological polar surface area (TPSA) is 70.1 Å². The second kappa shape index (κ2) is 7.73. The number of carbonyl (C=O) groups excluding carboxylic acids is 2. The van der Waals surface area contributed by atoms with E-state index in [-0.39, 0.29) is 18.4 Å². The Balaban J connectivity index is 1.39. The first-order valence-electron chi connectivity index (χ1n) is 9.57. The predicted octanol–water partition coefficient (Wildman–Crippen LogP) is 2.32. The van der Waals surface area contributed by atoms with E-state index < -0.39 is 6.10 Å². The van der Waals surface area contributed by atoms with E-state index in [0.29, 0.717) is 30.3 Å². The lowest BCUT2D eigenvalue weighted by atomic mass is 10.1. The fraction of sp³-hybridized carbons (Fsp3) is 0.364. The van der Waals surface area contributed by atoms with Gasteiger partial charge in [-0.2, -0.15) is 0 Å². The summed E-state index contributed by atoms with van der Waals surface area (Å²) in [5.74, 6) is 0.160. The number of β-amino-alcohol motifs (C(OH)–C–C–N with tert-alkyl or cyclic N) is 1. The summed E-state index contributed by atoms with van der Waals surface area (Å²) in [6.45, 7) is 1.15. The smallest absolute Gasteiger partial charge is 0.261 e. The zero-order chi connectivity index (χ0) is 19.7. The van der Waals surface area contributed by atoms with Crippen molar-refractivity contribution in [2.45, 2.75) is 31.5 Å². The Morgan fingerprint density at radius 1 is 1.07 bits per heavy atom. The Morgan fingerprint density at radius 2 is 1.68 bits per heavy atom. The number of benzene rings is 2. The summed E-state index contributed by atoms with van der Waals surface area (Å²) in [4.78, 5) is 28.4. The van der Waals surface area contributed by atoms with Crippen LogP contribution < -0.4 is 4.74 Å². The van der Waals surface area contributed by atoms with Gasteiger partial charge in [0.05, 0.1) is 30.9 Å². The molecule has 1 saturated carbocycles. The number of nitrogens with zero attached hydrogens (tertiary/aromatic N) is 2. The quantitative estimate of drug-likeness (QED) is 0.712. The molecule has 4 rings (SSSR count). The molecule has 1 aliphatic heterocycles. The molecule has 1 aliphatic carbocycles. The number of methoxy groups -OCH3 is 1. The van der Waals surface area contributed by atoms with Crippen LogP contribution in [0.25, 0.3) is 0 Å². The molecule has 0 unspecified atom stereocenters. The average Bonchev–Trinajstić information content (AvgIpc) is 3.53. The molecule has 2 aromatic rings. The van der Waals surface area contributed by atoms with E-state index in [1.165, 1.54) is 0 Å². The molecule has 2 aliphatic rings. The summed E-state index contributed by atoms with van der Waals surface area (Å²) in [6, 6.07) is 15.1. The standard InChI is InChI=1S/C22H24N2O4/c1-28-18-10-6-15(7-11-18)12-23(16-8-9-16)13-17(25)14-24-21(26)19-4-2-3-5-20(19)22(24)27/h2-7,10-11,16-17,25H,8-9,12-14H2,1H3/t17-/m1/s1. The number of fused-ring (bicyclic) bond motifs is 1. The van der Waals surface area contributed by atoms with Crippen LogP contribution in [0, 0.1) is 0 Å². The zero-order valence-corrected chi connectivity index (χ0v) is 15.9. The van der Waals surface area contributed by atoms with Gasteiger partial charge < -0.3 is 9.84 Å². The molecule has 1 fully saturated rings. The van der Waals surface area contributed by atoms with E-state index >= 15 is 0 Å². The number of ether oxygens (including phenoxy) is 1. The first kappa shape index (κ1) is 18.7. The van der Waals surface area contributed by atoms with Crippen LogP contribution in [0.2, 0.25) is 0 Å². The maximum Gasteiger partial charge on any atom is 0.261 e. The van der Waals surface area contributed by atoms with E-state index in [0.717, 1.165) is 29.1 Å². The van der Waals surface area contributed by atoms with Crippen molar-refractivity contribution in [2.75, 3.05) is 20.2 Å². The van der Waals surface area contributed by atoms with Crippen LogP contribution in [0.4, 0.5) is 0 Å². The fourth-order valence-corrected chi connectivity index (χ4v) is 3.69. The molecule has 2 aromatic carbocycles. The van der Waals surface area contributed by atoms with Gasteiger partial charge in [0, 0.05) is 19.1 Å². The Hall–Kier alpha value is -2.70. The van der Waals surface area contributed by atoms with E-state index in [4.69, 9.17) is 4.74 Å². The van der Waals surface area contributed by atoms with Gasteiger partial charge >= 0.3 is 0 Å². The van der Waals surface area contributed by atoms with Crippen LogP contribution in [-0.4, -0.2) is 59.1 Å². The van der Waals surface area contributed by atoms with Crippen molar-refractivity contribution in [3.05, 3.63) is 65.2 Å². The van der Waals surface area contributed by atoms with E-state index in [1.807, 2.05) is 24.3 Å². The summed E-state index contributed by atoms with van der Waals surface area (Å²) < 4.78 is 5.20. The van der Waals surface area contributed by atoms with Crippen LogP contribution in [0.5, 0.6) is 5.75 Å². The Labute approximate surface area is 164 Å². The van der Waals surface area contributed by atoms with Crippen molar-refractivity contribution >= 4 is 11.8 Å². The van der Waals surface area contributed by atoms with E-state index in [2.05, 4.69) is 4.90 Å². The second-order valence-corrected chi connectivity index (χ2v) is 7.43. The Bertz CT molecular complexity index is 841. The highest BCUT2D eigenvalue weighted by Gasteiger charge is 2.37. The van der Waals surface area contributed by atoms with Gasteiger partial charge in [-0.1, -0.05) is 24.3 Å². The lowest BCUT2D eigenvalue weighted by Crippen LogP contribution is -2.43. The highest BCUT2D eigenvalue weighted by atomic mass is 16.5. The number of hydrogen-bond acceptors (Lipinski definition) is 5. The molecule has 2 amide bonds. The minimum absolute atomic E-state index is 0.0121. The van der Waals surface area contributed by atoms with E-state index in [1.54, 1.807) is 31.4 Å². The zero-order valence-electron chi connectivity index (χ0n) is 15.9. The molecule has 6 heteroatoms. The maximum atomic E-state index is 12.5. The van der Waals surface area contributed by atoms with Crippen molar-refractivity contribution < 1.29 is 19.4 Å². The number of imide groups is 1. The van der Waals surface area contributed by atoms with Crippen LogP contribution in [0.1, 0.15) is 39.1 Å². The minimum Gasteiger partial charge on any atom is -0.497 e. The van der Waals surface area contributed by atoms with Gasteiger partial charge in [0.1, 0.15) is 5.75 Å². The largest absolute Gasteiger partial charge is 0.497 e. The summed E-state index contributed by atoms with van der Waals surface area (Å²) in [5, 5.41) is 10.6. The Morgan fingerprint density at radius 3 is 2.21 bits per heavy atom. The molecule has 1 atom stereocenters. The number of amides is 2. The third kappa shape index (κ3) is 3.79. The van der Waals surface area contributed by atoms with Gasteiger partial charge in [0.25, 0.3) is 11.8 Å².